The molecule has 2 heterocycles. The molecule has 0 spiro atoms. The van der Waals surface area contributed by atoms with Gasteiger partial charge in [0.05, 0.1) is 33.8 Å². The lowest BCUT2D eigenvalue weighted by Crippen LogP contribution is -2.09. The summed E-state index contributed by atoms with van der Waals surface area (Å²) in [6, 6.07) is 20.4. The number of hydrogen-bond donors (Lipinski definition) is 1. The van der Waals surface area contributed by atoms with Gasteiger partial charge in [0, 0.05) is 49.7 Å². The standard InChI is InChI=1S/C32H33N3O6S/c1-22-6-4-7-24(16-22)18-26(36)17-23-9-11-27(12-10-23)41-28-13-14-33-30(20-28)29-19-25(21-34-29)32(38)35-42(3,39)15-5-8-31(37)40-2/h4,6-7,9-14,16,19-21,34H,5,8,15,17-18H2,1-3H3. The molecular weight excluding hydrogens is 554 g/mol. The van der Waals surface area contributed by atoms with Gasteiger partial charge in [-0.15, -0.1) is 0 Å². The van der Waals surface area contributed by atoms with Crippen molar-refractivity contribution in [2.75, 3.05) is 19.1 Å². The van der Waals surface area contributed by atoms with Crippen molar-refractivity contribution in [3.05, 3.63) is 101 Å². The second-order valence-electron chi connectivity index (χ2n) is 10.0. The largest absolute Gasteiger partial charge is 0.469 e. The maximum absolute atomic E-state index is 12.7. The maximum Gasteiger partial charge on any atom is 0.305 e. The first-order valence-electron chi connectivity index (χ1n) is 13.4. The third kappa shape index (κ3) is 8.97. The second kappa shape index (κ2) is 13.9. The van der Waals surface area contributed by atoms with Crippen LogP contribution in [0.4, 0.5) is 0 Å². The number of nitrogens with zero attached hydrogens (tertiary/aromatic N) is 2. The molecule has 4 aromatic rings. The smallest absolute Gasteiger partial charge is 0.305 e. The Morgan fingerprint density at radius 1 is 0.952 bits per heavy atom. The topological polar surface area (TPSA) is 128 Å². The number of methoxy groups -OCH3 is 1. The minimum atomic E-state index is -2.81. The number of aryl methyl sites for hydroxylation is 1. The van der Waals surface area contributed by atoms with Crippen molar-refractivity contribution in [3.63, 3.8) is 0 Å². The first kappa shape index (κ1) is 30.4. The fraction of sp³-hybridized carbons (Fsp3) is 0.250. The second-order valence-corrected chi connectivity index (χ2v) is 12.6. The predicted molar refractivity (Wildman–Crippen MR) is 161 cm³/mol. The quantitative estimate of drug-likeness (QED) is 0.210. The van der Waals surface area contributed by atoms with Crippen molar-refractivity contribution < 1.29 is 28.1 Å². The number of ketones is 1. The number of rotatable bonds is 12. The van der Waals surface area contributed by atoms with E-state index in [9.17, 15) is 18.6 Å². The Kier molecular flexibility index (Phi) is 10.0. The van der Waals surface area contributed by atoms with E-state index >= 15 is 0 Å². The average molecular weight is 588 g/mol. The van der Waals surface area contributed by atoms with Gasteiger partial charge in [0.25, 0.3) is 5.91 Å². The highest BCUT2D eigenvalue weighted by Gasteiger charge is 2.14. The number of carbonyl (C=O) groups is 3. The lowest BCUT2D eigenvalue weighted by molar-refractivity contribution is -0.140. The number of nitrogens with one attached hydrogen (secondary N) is 1. The summed E-state index contributed by atoms with van der Waals surface area (Å²) in [5.74, 6) is 0.378. The fourth-order valence-electron chi connectivity index (χ4n) is 4.30. The van der Waals surface area contributed by atoms with Gasteiger partial charge < -0.3 is 14.5 Å². The summed E-state index contributed by atoms with van der Waals surface area (Å²) in [5, 5.41) is 0. The van der Waals surface area contributed by atoms with Gasteiger partial charge in [0.2, 0.25) is 0 Å². The average Bonchev–Trinajstić information content (AvgIpc) is 3.45. The zero-order valence-corrected chi connectivity index (χ0v) is 24.6. The third-order valence-electron chi connectivity index (χ3n) is 6.39. The summed E-state index contributed by atoms with van der Waals surface area (Å²) >= 11 is 0. The molecule has 1 unspecified atom stereocenters. The molecule has 1 atom stereocenters. The van der Waals surface area contributed by atoms with Gasteiger partial charge in [0.15, 0.2) is 0 Å². The highest BCUT2D eigenvalue weighted by atomic mass is 32.2. The molecule has 0 fully saturated rings. The van der Waals surface area contributed by atoms with Crippen LogP contribution in [0.1, 0.15) is 39.9 Å². The summed E-state index contributed by atoms with van der Waals surface area (Å²) in [6.45, 7) is 2.01. The number of hydrogen-bond acceptors (Lipinski definition) is 7. The number of carbonyl (C=O) groups excluding carboxylic acids is 3. The lowest BCUT2D eigenvalue weighted by atomic mass is 10.0. The minimum Gasteiger partial charge on any atom is -0.469 e. The van der Waals surface area contributed by atoms with Crippen LogP contribution >= 0.6 is 0 Å². The van der Waals surface area contributed by atoms with E-state index < -0.39 is 21.6 Å². The summed E-state index contributed by atoms with van der Waals surface area (Å²) in [6.07, 6.45) is 5.64. The van der Waals surface area contributed by atoms with E-state index in [-0.39, 0.29) is 23.5 Å². The van der Waals surface area contributed by atoms with E-state index in [2.05, 4.69) is 19.1 Å². The molecule has 42 heavy (non-hydrogen) atoms. The van der Waals surface area contributed by atoms with E-state index in [1.165, 1.54) is 19.6 Å². The molecule has 0 saturated heterocycles. The van der Waals surface area contributed by atoms with Crippen molar-refractivity contribution in [1.82, 2.24) is 9.97 Å². The number of esters is 1. The summed E-state index contributed by atoms with van der Waals surface area (Å²) in [7, 11) is -1.52. The number of benzene rings is 2. The van der Waals surface area contributed by atoms with E-state index in [0.29, 0.717) is 42.1 Å². The van der Waals surface area contributed by atoms with Crippen molar-refractivity contribution >= 4 is 27.4 Å². The first-order chi connectivity index (χ1) is 20.1. The molecule has 4 rings (SSSR count). The molecule has 0 saturated carbocycles. The van der Waals surface area contributed by atoms with Crippen LogP contribution in [0.5, 0.6) is 11.5 Å². The minimum absolute atomic E-state index is 0.108. The van der Waals surface area contributed by atoms with Gasteiger partial charge in [-0.2, -0.15) is 4.36 Å². The molecule has 2 aromatic carbocycles. The summed E-state index contributed by atoms with van der Waals surface area (Å²) < 4.78 is 27.2. The molecular formula is C32H33N3O6S. The lowest BCUT2D eigenvalue weighted by Gasteiger charge is -2.08. The highest BCUT2D eigenvalue weighted by molar-refractivity contribution is 7.93. The SMILES string of the molecule is COC(=O)CCCS(C)(=O)=NC(=O)c1c[nH]c(-c2cc(Oc3ccc(CC(=O)Cc4cccc(C)c4)cc3)ccn2)c1. The van der Waals surface area contributed by atoms with Gasteiger partial charge in [-0.05, 0) is 48.7 Å². The summed E-state index contributed by atoms with van der Waals surface area (Å²) in [5.41, 5.74) is 4.40. The van der Waals surface area contributed by atoms with Crippen LogP contribution in [0.25, 0.3) is 11.4 Å². The molecule has 10 heteroatoms. The molecule has 1 amide bonds. The van der Waals surface area contributed by atoms with Gasteiger partial charge >= 0.3 is 5.97 Å². The van der Waals surface area contributed by atoms with Gasteiger partial charge in [-0.25, -0.2) is 4.21 Å². The number of H-pyrrole nitrogens is 1. The van der Waals surface area contributed by atoms with Crippen LogP contribution in [0.15, 0.2) is 83.5 Å². The zero-order valence-electron chi connectivity index (χ0n) is 23.8. The van der Waals surface area contributed by atoms with Crippen LogP contribution in [0, 0.1) is 6.92 Å². The Bertz CT molecular complexity index is 1700. The Morgan fingerprint density at radius 2 is 1.71 bits per heavy atom. The molecule has 0 aliphatic carbocycles. The number of ether oxygens (including phenoxy) is 2. The van der Waals surface area contributed by atoms with Crippen LogP contribution < -0.4 is 4.74 Å². The van der Waals surface area contributed by atoms with Gasteiger partial charge in [-0.3, -0.25) is 19.4 Å². The van der Waals surface area contributed by atoms with Crippen molar-refractivity contribution in [1.29, 1.82) is 0 Å². The molecule has 2 aromatic heterocycles. The van der Waals surface area contributed by atoms with Crippen molar-refractivity contribution in [2.24, 2.45) is 4.36 Å². The highest BCUT2D eigenvalue weighted by Crippen LogP contribution is 2.26. The number of aromatic nitrogens is 2. The van der Waals surface area contributed by atoms with Gasteiger partial charge in [0.1, 0.15) is 17.3 Å². The van der Waals surface area contributed by atoms with E-state index in [1.807, 2.05) is 55.5 Å². The predicted octanol–water partition coefficient (Wildman–Crippen LogP) is 5.72. The Labute approximate surface area is 245 Å². The monoisotopic (exact) mass is 587 g/mol. The van der Waals surface area contributed by atoms with Crippen LogP contribution in [-0.2, 0) is 36.9 Å². The fourth-order valence-corrected chi connectivity index (χ4v) is 5.53. The molecule has 0 bridgehead atoms. The van der Waals surface area contributed by atoms with Crippen molar-refractivity contribution in [2.45, 2.75) is 32.6 Å². The molecule has 1 N–H and O–H groups in total. The Morgan fingerprint density at radius 3 is 2.45 bits per heavy atom. The molecule has 218 valence electrons. The summed E-state index contributed by atoms with van der Waals surface area (Å²) in [4.78, 5) is 43.8. The number of pyridine rings is 1. The van der Waals surface area contributed by atoms with E-state index in [1.54, 1.807) is 24.4 Å². The first-order valence-corrected chi connectivity index (χ1v) is 15.5. The number of amides is 1. The van der Waals surface area contributed by atoms with Crippen LogP contribution in [-0.4, -0.2) is 51.0 Å². The molecule has 0 radical (unpaired) electrons. The maximum atomic E-state index is 12.7. The number of aromatic amines is 1. The van der Waals surface area contributed by atoms with Crippen LogP contribution in [0.2, 0.25) is 0 Å². The van der Waals surface area contributed by atoms with Crippen molar-refractivity contribution in [3.8, 4) is 22.9 Å². The van der Waals surface area contributed by atoms with Crippen LogP contribution in [0.3, 0.4) is 0 Å². The Hall–Kier alpha value is -4.57. The zero-order chi connectivity index (χ0) is 30.1. The molecule has 0 aliphatic rings. The molecule has 0 aliphatic heterocycles. The van der Waals surface area contributed by atoms with E-state index in [4.69, 9.17) is 4.74 Å². The third-order valence-corrected chi connectivity index (χ3v) is 7.99. The van der Waals surface area contributed by atoms with E-state index in [0.717, 1.165) is 16.7 Å². The Balaban J connectivity index is 1.36. The normalized spacial score (nSPS) is 12.3. The van der Waals surface area contributed by atoms with Gasteiger partial charge in [-0.1, -0.05) is 42.0 Å². The molecule has 9 nitrogen and oxygen atoms in total. The number of Topliss-reactive ketones (excluding diaryl/α,β-unsaturated/α-hetero) is 1.